The third kappa shape index (κ3) is 7.13. The maximum absolute atomic E-state index is 12.2. The van der Waals surface area contributed by atoms with Gasteiger partial charge in [0.25, 0.3) is 0 Å². The largest absolute Gasteiger partial charge is 0.459 e. The van der Waals surface area contributed by atoms with E-state index in [-0.39, 0.29) is 18.2 Å². The summed E-state index contributed by atoms with van der Waals surface area (Å²) in [4.78, 5) is 26.0. The van der Waals surface area contributed by atoms with E-state index in [9.17, 15) is 9.59 Å². The van der Waals surface area contributed by atoms with E-state index >= 15 is 0 Å². The summed E-state index contributed by atoms with van der Waals surface area (Å²) in [5.74, 6) is -0.324. The lowest BCUT2D eigenvalue weighted by molar-refractivity contribution is 0.0311. The number of carbonyl (C=O) groups is 2. The van der Waals surface area contributed by atoms with Crippen molar-refractivity contribution in [1.82, 2.24) is 4.90 Å². The number of hydrogen-bond donors (Lipinski definition) is 0. The Morgan fingerprint density at radius 3 is 2.26 bits per heavy atom. The van der Waals surface area contributed by atoms with Crippen LogP contribution in [0.15, 0.2) is 60.7 Å². The molecule has 0 radical (unpaired) electrons. The second-order valence-electron chi connectivity index (χ2n) is 6.33. The lowest BCUT2D eigenvalue weighted by Crippen LogP contribution is -2.32. The topological polar surface area (TPSA) is 55.8 Å². The fourth-order valence-electron chi connectivity index (χ4n) is 2.71. The van der Waals surface area contributed by atoms with Gasteiger partial charge in [-0.1, -0.05) is 48.5 Å². The summed E-state index contributed by atoms with van der Waals surface area (Å²) in [6.45, 7) is 5.05. The van der Waals surface area contributed by atoms with Crippen LogP contribution in [-0.2, 0) is 16.0 Å². The van der Waals surface area contributed by atoms with Crippen LogP contribution in [0.1, 0.15) is 42.6 Å². The van der Waals surface area contributed by atoms with Crippen molar-refractivity contribution in [2.75, 3.05) is 13.2 Å². The molecule has 2 aromatic rings. The molecule has 0 aliphatic heterocycles. The molecule has 0 aliphatic carbocycles. The highest BCUT2D eigenvalue weighted by molar-refractivity contribution is 5.89. The van der Waals surface area contributed by atoms with Crippen LogP contribution in [0.5, 0.6) is 0 Å². The molecule has 1 unspecified atom stereocenters. The van der Waals surface area contributed by atoms with Gasteiger partial charge in [-0.2, -0.15) is 0 Å². The summed E-state index contributed by atoms with van der Waals surface area (Å²) < 4.78 is 10.6. The summed E-state index contributed by atoms with van der Waals surface area (Å²) in [5.41, 5.74) is 1.59. The highest BCUT2D eigenvalue weighted by Crippen LogP contribution is 2.11. The van der Waals surface area contributed by atoms with Crippen LogP contribution in [0.3, 0.4) is 0 Å². The van der Waals surface area contributed by atoms with Crippen LogP contribution in [0.2, 0.25) is 0 Å². The van der Waals surface area contributed by atoms with Crippen molar-refractivity contribution in [2.45, 2.75) is 39.3 Å². The summed E-state index contributed by atoms with van der Waals surface area (Å²) in [6.07, 6.45) is 0.840. The molecule has 0 saturated carbocycles. The Bertz CT molecular complexity index is 703. The molecular weight excluding hydrogens is 342 g/mol. The summed E-state index contributed by atoms with van der Waals surface area (Å²) >= 11 is 0. The van der Waals surface area contributed by atoms with Crippen molar-refractivity contribution in [3.8, 4) is 0 Å². The molecule has 2 rings (SSSR count). The highest BCUT2D eigenvalue weighted by atomic mass is 16.6. The third-order valence-corrected chi connectivity index (χ3v) is 4.10. The van der Waals surface area contributed by atoms with Gasteiger partial charge >= 0.3 is 12.1 Å². The molecule has 1 amide bonds. The van der Waals surface area contributed by atoms with E-state index in [1.165, 1.54) is 0 Å². The van der Waals surface area contributed by atoms with Crippen LogP contribution in [0.25, 0.3) is 0 Å². The second-order valence-corrected chi connectivity index (χ2v) is 6.33. The van der Waals surface area contributed by atoms with Crippen molar-refractivity contribution in [1.29, 1.82) is 0 Å². The van der Waals surface area contributed by atoms with Crippen molar-refractivity contribution < 1.29 is 19.1 Å². The zero-order chi connectivity index (χ0) is 19.5. The summed E-state index contributed by atoms with van der Waals surface area (Å²) in [7, 11) is 0. The smallest absolute Gasteiger partial charge is 0.410 e. The van der Waals surface area contributed by atoms with Crippen LogP contribution in [0.4, 0.5) is 4.79 Å². The maximum Gasteiger partial charge on any atom is 0.410 e. The summed E-state index contributed by atoms with van der Waals surface area (Å²) in [6, 6.07) is 18.7. The number of carbonyl (C=O) groups excluding carboxylic acids is 2. The van der Waals surface area contributed by atoms with Gasteiger partial charge in [-0.25, -0.2) is 9.59 Å². The van der Waals surface area contributed by atoms with Crippen molar-refractivity contribution in [2.24, 2.45) is 0 Å². The molecule has 0 bridgehead atoms. The van der Waals surface area contributed by atoms with E-state index in [2.05, 4.69) is 0 Å². The first kappa shape index (κ1) is 20.5. The van der Waals surface area contributed by atoms with E-state index in [4.69, 9.17) is 9.47 Å². The molecule has 1 atom stereocenters. The minimum atomic E-state index is -0.324. The van der Waals surface area contributed by atoms with E-state index in [1.54, 1.807) is 24.0 Å². The summed E-state index contributed by atoms with van der Waals surface area (Å²) in [5, 5.41) is 0. The van der Waals surface area contributed by atoms with E-state index in [1.807, 2.05) is 55.5 Å². The number of rotatable bonds is 9. The van der Waals surface area contributed by atoms with Crippen LogP contribution in [0, 0.1) is 0 Å². The number of ether oxygens (including phenoxy) is 2. The zero-order valence-electron chi connectivity index (χ0n) is 16.0. The zero-order valence-corrected chi connectivity index (χ0v) is 16.0. The normalized spacial score (nSPS) is 11.5. The fourth-order valence-corrected chi connectivity index (χ4v) is 2.71. The first-order chi connectivity index (χ1) is 13.1. The second kappa shape index (κ2) is 11.0. The Labute approximate surface area is 160 Å². The molecule has 5 heteroatoms. The lowest BCUT2D eigenvalue weighted by Gasteiger charge is -2.23. The number of amides is 1. The van der Waals surface area contributed by atoms with Gasteiger partial charge in [0.2, 0.25) is 0 Å². The number of nitrogens with zero attached hydrogens (tertiary/aromatic N) is 1. The molecule has 2 aromatic carbocycles. The first-order valence-electron chi connectivity index (χ1n) is 9.31. The van der Waals surface area contributed by atoms with Gasteiger partial charge in [-0.15, -0.1) is 0 Å². The Morgan fingerprint density at radius 1 is 1.00 bits per heavy atom. The standard InChI is InChI=1S/C22H27NO4/c1-3-26-22(25)23(17-19-12-6-4-7-13-19)16-10-11-18(2)27-21(24)20-14-8-5-9-15-20/h4-9,12-15,18H,3,10-11,16-17H2,1-2H3. The van der Waals surface area contributed by atoms with E-state index < -0.39 is 0 Å². The molecule has 0 aromatic heterocycles. The third-order valence-electron chi connectivity index (χ3n) is 4.10. The maximum atomic E-state index is 12.2. The molecule has 0 saturated heterocycles. The Balaban J connectivity index is 1.83. The lowest BCUT2D eigenvalue weighted by atomic mass is 10.2. The van der Waals surface area contributed by atoms with Gasteiger partial charge in [0.05, 0.1) is 18.3 Å². The average molecular weight is 369 g/mol. The SMILES string of the molecule is CCOC(=O)N(CCCC(C)OC(=O)c1ccccc1)Cc1ccccc1. The molecule has 27 heavy (non-hydrogen) atoms. The van der Waals surface area contributed by atoms with Gasteiger partial charge in [-0.3, -0.25) is 0 Å². The molecule has 144 valence electrons. The van der Waals surface area contributed by atoms with Gasteiger partial charge in [0.15, 0.2) is 0 Å². The minimum Gasteiger partial charge on any atom is -0.459 e. The van der Waals surface area contributed by atoms with Crippen molar-refractivity contribution >= 4 is 12.1 Å². The Kier molecular flexibility index (Phi) is 8.36. The van der Waals surface area contributed by atoms with Gasteiger partial charge in [0, 0.05) is 13.1 Å². The van der Waals surface area contributed by atoms with Crippen LogP contribution in [-0.4, -0.2) is 36.2 Å². The van der Waals surface area contributed by atoms with Crippen LogP contribution >= 0.6 is 0 Å². The van der Waals surface area contributed by atoms with Gasteiger partial charge < -0.3 is 14.4 Å². The number of hydrogen-bond acceptors (Lipinski definition) is 4. The predicted octanol–water partition coefficient (Wildman–Crippen LogP) is 4.67. The number of benzene rings is 2. The molecule has 0 fully saturated rings. The molecule has 0 heterocycles. The fraction of sp³-hybridized carbons (Fsp3) is 0.364. The molecule has 5 nitrogen and oxygen atoms in total. The first-order valence-corrected chi connectivity index (χ1v) is 9.31. The molecular formula is C22H27NO4. The van der Waals surface area contributed by atoms with Crippen molar-refractivity contribution in [3.63, 3.8) is 0 Å². The number of esters is 1. The molecule has 0 aliphatic rings. The van der Waals surface area contributed by atoms with E-state index in [0.29, 0.717) is 31.7 Å². The minimum absolute atomic E-state index is 0.224. The van der Waals surface area contributed by atoms with Gasteiger partial charge in [0.1, 0.15) is 0 Å². The quantitative estimate of drug-likeness (QED) is 0.603. The van der Waals surface area contributed by atoms with E-state index in [0.717, 1.165) is 12.0 Å². The van der Waals surface area contributed by atoms with Crippen LogP contribution < -0.4 is 0 Å². The average Bonchev–Trinajstić information content (AvgIpc) is 2.69. The monoisotopic (exact) mass is 369 g/mol. The molecule has 0 spiro atoms. The van der Waals surface area contributed by atoms with Crippen molar-refractivity contribution in [3.05, 3.63) is 71.8 Å². The predicted molar refractivity (Wildman–Crippen MR) is 104 cm³/mol. The highest BCUT2D eigenvalue weighted by Gasteiger charge is 2.16. The van der Waals surface area contributed by atoms with Gasteiger partial charge in [-0.05, 0) is 44.4 Å². The molecule has 0 N–H and O–H groups in total. The Morgan fingerprint density at radius 2 is 1.63 bits per heavy atom. The Hall–Kier alpha value is -2.82.